The van der Waals surface area contributed by atoms with Crippen molar-refractivity contribution < 1.29 is 18.8 Å². The number of hydrogen-bond donors (Lipinski definition) is 4. The Morgan fingerprint density at radius 2 is 0.925 bits per heavy atom. The van der Waals surface area contributed by atoms with Crippen LogP contribution in [0.25, 0.3) is 32.7 Å². The van der Waals surface area contributed by atoms with Gasteiger partial charge in [0.1, 0.15) is 0 Å². The predicted molar refractivity (Wildman–Crippen MR) is 378 cm³/mol. The van der Waals surface area contributed by atoms with E-state index in [-0.39, 0.29) is 29.2 Å². The summed E-state index contributed by atoms with van der Waals surface area (Å²) in [6, 6.07) is 28.2. The third-order valence-electron chi connectivity index (χ3n) is 20.1. The molecule has 498 valence electrons. The molecule has 3 unspecified atom stereocenters. The zero-order chi connectivity index (χ0) is 65.9. The number of nitrogens with one attached hydrogen (secondary N) is 4. The van der Waals surface area contributed by atoms with Crippen molar-refractivity contribution in [2.75, 3.05) is 75.1 Å². The smallest absolute Gasteiger partial charge is 0.297 e. The lowest BCUT2D eigenvalue weighted by atomic mass is 9.90. The molecular formula is C73H101N15O4S. The average Bonchev–Trinajstić information content (AvgIpc) is 1.89. The number of rotatable bonds is 24. The molecule has 6 aromatic heterocycles. The lowest BCUT2D eigenvalue weighted by molar-refractivity contribution is 0.0927. The maximum atomic E-state index is 13.1. The molecule has 9 atom stereocenters. The Balaban J connectivity index is 0.000000153. The number of H-pyrrole nitrogens is 4. The second-order valence-electron chi connectivity index (χ2n) is 27.2. The van der Waals surface area contributed by atoms with Gasteiger partial charge in [-0.1, -0.05) is 106 Å². The highest BCUT2D eigenvalue weighted by atomic mass is 32.1. The number of aromatic nitrogens is 9. The number of carbonyl (C=O) groups excluding carboxylic acids is 3. The molecule has 0 amide bonds. The first-order valence-corrected chi connectivity index (χ1v) is 35.1. The van der Waals surface area contributed by atoms with Crippen molar-refractivity contribution in [3.05, 3.63) is 131 Å². The maximum absolute atomic E-state index is 13.1. The van der Waals surface area contributed by atoms with Crippen LogP contribution >= 0.6 is 11.3 Å². The van der Waals surface area contributed by atoms with Crippen LogP contribution in [0.4, 0.5) is 17.1 Å². The van der Waals surface area contributed by atoms with Crippen molar-refractivity contribution in [1.82, 2.24) is 60.0 Å². The molecule has 9 heterocycles. The van der Waals surface area contributed by atoms with Gasteiger partial charge in [-0.3, -0.25) is 34.2 Å². The summed E-state index contributed by atoms with van der Waals surface area (Å²) < 4.78 is 5.94. The van der Waals surface area contributed by atoms with Gasteiger partial charge in [0.2, 0.25) is 11.1 Å². The van der Waals surface area contributed by atoms with Crippen LogP contribution in [-0.4, -0.2) is 174 Å². The monoisotopic (exact) mass is 1280 g/mol. The van der Waals surface area contributed by atoms with Gasteiger partial charge in [0.25, 0.3) is 6.01 Å². The summed E-state index contributed by atoms with van der Waals surface area (Å²) in [5, 5.41) is 21.1. The third kappa shape index (κ3) is 16.9. The van der Waals surface area contributed by atoms with E-state index in [1.807, 2.05) is 18.2 Å². The van der Waals surface area contributed by atoms with Crippen LogP contribution in [0.3, 0.4) is 0 Å². The van der Waals surface area contributed by atoms with Gasteiger partial charge in [0.05, 0.1) is 6.20 Å². The Morgan fingerprint density at radius 1 is 0.527 bits per heavy atom. The molecule has 3 aromatic carbocycles. The number of anilines is 3. The molecule has 0 bridgehead atoms. The maximum Gasteiger partial charge on any atom is 0.297 e. The van der Waals surface area contributed by atoms with E-state index in [2.05, 4.69) is 231 Å². The number of para-hydroxylation sites is 3. The highest BCUT2D eigenvalue weighted by Crippen LogP contribution is 2.32. The molecule has 9 aromatic rings. The number of carbonyl (C=O) groups is 3. The molecule has 19 nitrogen and oxygen atoms in total. The number of nitrogens with zero attached hydrogens (tertiary/aromatic N) is 11. The summed E-state index contributed by atoms with van der Waals surface area (Å²) in [5.74, 6) is 2.51. The Morgan fingerprint density at radius 3 is 1.37 bits per heavy atom. The fraction of sp³-hybridized carbons (Fsp3) is 0.534. The Kier molecular flexibility index (Phi) is 23.2. The molecule has 0 radical (unpaired) electrons. The molecule has 20 heteroatoms. The second-order valence-corrected chi connectivity index (χ2v) is 28.2. The van der Waals surface area contributed by atoms with Gasteiger partial charge in [-0.2, -0.15) is 4.98 Å². The summed E-state index contributed by atoms with van der Waals surface area (Å²) in [5.41, 5.74) is 7.30. The molecular weight excluding hydrogens is 1180 g/mol. The molecule has 3 aliphatic heterocycles. The molecule has 3 saturated heterocycles. The number of hydrogen-bond acceptors (Lipinski definition) is 16. The van der Waals surface area contributed by atoms with Crippen molar-refractivity contribution in [2.45, 2.75) is 176 Å². The van der Waals surface area contributed by atoms with E-state index in [0.717, 1.165) is 119 Å². The molecule has 3 aliphatic rings. The van der Waals surface area contributed by atoms with Crippen LogP contribution in [0.1, 0.15) is 168 Å². The van der Waals surface area contributed by atoms with E-state index in [4.69, 9.17) is 4.42 Å². The normalized spacial score (nSPS) is 21.0. The van der Waals surface area contributed by atoms with Gasteiger partial charge < -0.3 is 34.1 Å². The van der Waals surface area contributed by atoms with Crippen LogP contribution in [0.5, 0.6) is 0 Å². The highest BCUT2D eigenvalue weighted by molar-refractivity contribution is 7.17. The van der Waals surface area contributed by atoms with Crippen LogP contribution in [0, 0.1) is 17.8 Å². The average molecular weight is 1280 g/mol. The number of aromatic amines is 4. The van der Waals surface area contributed by atoms with E-state index in [1.165, 1.54) is 44.2 Å². The lowest BCUT2D eigenvalue weighted by Crippen LogP contribution is -2.55. The largest absolute Gasteiger partial charge is 0.420 e. The van der Waals surface area contributed by atoms with E-state index in [9.17, 15) is 14.4 Å². The molecule has 4 N–H and O–H groups in total. The zero-order valence-corrected chi connectivity index (χ0v) is 57.9. The topological polar surface area (TPSA) is 211 Å². The number of piperazine rings is 3. The number of benzene rings is 3. The summed E-state index contributed by atoms with van der Waals surface area (Å²) in [6.07, 6.45) is 18.3. The van der Waals surface area contributed by atoms with Crippen molar-refractivity contribution in [1.29, 1.82) is 0 Å². The van der Waals surface area contributed by atoms with Crippen LogP contribution in [-0.2, 0) is 19.3 Å². The molecule has 93 heavy (non-hydrogen) atoms. The van der Waals surface area contributed by atoms with E-state index >= 15 is 0 Å². The minimum absolute atomic E-state index is 0.0484. The van der Waals surface area contributed by atoms with Crippen molar-refractivity contribution in [3.63, 3.8) is 0 Å². The third-order valence-corrected chi connectivity index (χ3v) is 21.2. The summed E-state index contributed by atoms with van der Waals surface area (Å²) in [6.45, 7) is 25.1. The molecule has 0 saturated carbocycles. The Labute approximate surface area is 553 Å². The molecule has 3 fully saturated rings. The first-order chi connectivity index (χ1) is 44.9. The van der Waals surface area contributed by atoms with E-state index in [1.54, 1.807) is 6.20 Å². The van der Waals surface area contributed by atoms with Gasteiger partial charge >= 0.3 is 0 Å². The standard InChI is InChI=1S/C25H34N4O2.C24H34N6O.C24H33N5OS/c1-5-8-19(11-20-13-26-22-10-7-6-9-21(20)22)12-23(30)24-14-27-25(31-24)29-15-17(2)28(4)18(3)16-29;1-5-8-18(11-19-13-25-21-10-7-6-9-20(19)21)12-22(31)23-26-24(28-27-23)30-14-16(2)29(4)17(3)15-30;1-5-8-18(11-19-13-25-21-10-7-6-9-20(19)21)12-22(30)23-26-27-24(31-23)29-14-16(2)28(4)17(3)15-29/h6-7,9-10,13-14,17-19,26H,5,8,11-12,15-16H2,1-4H3;6-7,9-10,13,16-18,25H,5,8,11-12,14-15H2,1-4H3,(H,26,27,28);6-7,9-10,13,16-18,25H,5,8,11-12,14-15H2,1-4H3/t17-,18-,19?;2*16-,17-,18?/m111/s1. The summed E-state index contributed by atoms with van der Waals surface area (Å²) in [7, 11) is 6.48. The van der Waals surface area contributed by atoms with E-state index in [0.29, 0.717) is 90.0 Å². The number of oxazole rings is 1. The molecule has 0 aliphatic carbocycles. The van der Waals surface area contributed by atoms with Crippen LogP contribution in [0.15, 0.2) is 102 Å². The number of ketones is 3. The quantitative estimate of drug-likeness (QED) is 0.0415. The fourth-order valence-corrected chi connectivity index (χ4v) is 15.0. The van der Waals surface area contributed by atoms with Gasteiger partial charge in [-0.25, -0.2) is 4.98 Å². The van der Waals surface area contributed by atoms with Crippen molar-refractivity contribution >= 4 is 78.5 Å². The Bertz CT molecular complexity index is 3430. The fourth-order valence-electron chi connectivity index (χ4n) is 14.2. The van der Waals surface area contributed by atoms with Gasteiger partial charge in [0, 0.05) is 146 Å². The van der Waals surface area contributed by atoms with Gasteiger partial charge in [-0.05, 0) is 154 Å². The number of likely N-dealkylation sites (N-methyl/N-ethyl adjacent to an activating group) is 3. The summed E-state index contributed by atoms with van der Waals surface area (Å²) >= 11 is 1.45. The Hall–Kier alpha value is -7.52. The summed E-state index contributed by atoms with van der Waals surface area (Å²) in [4.78, 5) is 71.9. The van der Waals surface area contributed by atoms with E-state index < -0.39 is 0 Å². The minimum Gasteiger partial charge on any atom is -0.420 e. The molecule has 12 rings (SSSR count). The lowest BCUT2D eigenvalue weighted by Gasteiger charge is -2.42. The van der Waals surface area contributed by atoms with Gasteiger partial charge in [0.15, 0.2) is 33.9 Å². The zero-order valence-electron chi connectivity index (χ0n) is 57.1. The number of Topliss-reactive ketones (excluding diaryl/α,β-unsaturated/α-hetero) is 3. The molecule has 0 spiro atoms. The van der Waals surface area contributed by atoms with Crippen LogP contribution < -0.4 is 14.7 Å². The van der Waals surface area contributed by atoms with Crippen LogP contribution in [0.2, 0.25) is 0 Å². The first-order valence-electron chi connectivity index (χ1n) is 34.2. The second kappa shape index (κ2) is 31.6. The predicted octanol–water partition coefficient (Wildman–Crippen LogP) is 13.7. The SMILES string of the molecule is CCCC(CC(=O)c1cnc(N2C[C@@H](C)N(C)[C@H](C)C2)o1)Cc1c[nH]c2ccccc12.CCCC(CC(=O)c1nc(N2C[C@@H](C)N(C)[C@H](C)C2)n[nH]1)Cc1c[nH]c2ccccc12.CCCC(CC(=O)c1nnc(N2C[C@@H](C)N(C)[C@H](C)C2)s1)Cc1c[nH]c2ccccc12. The minimum atomic E-state index is 0.0484. The number of fused-ring (bicyclic) bond motifs is 3. The van der Waals surface area contributed by atoms with Gasteiger partial charge in [-0.15, -0.1) is 15.3 Å². The highest BCUT2D eigenvalue weighted by Gasteiger charge is 2.33. The first kappa shape index (κ1) is 68.3. The van der Waals surface area contributed by atoms with Crippen molar-refractivity contribution in [3.8, 4) is 0 Å². The van der Waals surface area contributed by atoms with Crippen molar-refractivity contribution in [2.24, 2.45) is 17.8 Å².